The smallest absolute Gasteiger partial charge is 0.256 e. The lowest BCUT2D eigenvalue weighted by Gasteiger charge is -2.32. The van der Waals surface area contributed by atoms with Gasteiger partial charge in [-0.3, -0.25) is 0 Å². The molecule has 0 aliphatic rings. The summed E-state index contributed by atoms with van der Waals surface area (Å²) in [4.78, 5) is 0. The average Bonchev–Trinajstić information content (AvgIpc) is 2.66. The maximum absolute atomic E-state index is 6.67. The minimum atomic E-state index is -2.20. The zero-order valence-electron chi connectivity index (χ0n) is 14.8. The molecule has 0 aromatic heterocycles. The topological polar surface area (TPSA) is 9.23 Å². The van der Waals surface area contributed by atoms with Crippen LogP contribution in [0.3, 0.4) is 0 Å². The summed E-state index contributed by atoms with van der Waals surface area (Å²) < 4.78 is 6.67. The molecular weight excluding hydrogens is 308 g/mol. The first-order valence-corrected chi connectivity index (χ1v) is 11.0. The van der Waals surface area contributed by atoms with Crippen molar-refractivity contribution in [3.05, 3.63) is 85.0 Å². The second-order valence-electron chi connectivity index (χ2n) is 5.93. The molecular formula is C22H28OSi. The van der Waals surface area contributed by atoms with Crippen LogP contribution < -0.4 is 10.4 Å². The van der Waals surface area contributed by atoms with E-state index in [1.54, 1.807) is 0 Å². The molecule has 2 aromatic rings. The number of benzene rings is 2. The van der Waals surface area contributed by atoms with E-state index in [9.17, 15) is 0 Å². The van der Waals surface area contributed by atoms with Crippen LogP contribution in [0.1, 0.15) is 26.7 Å². The average molecular weight is 337 g/mol. The van der Waals surface area contributed by atoms with E-state index in [-0.39, 0.29) is 0 Å². The minimum absolute atomic E-state index is 0.657. The molecule has 0 amide bonds. The molecule has 0 atom stereocenters. The fourth-order valence-electron chi connectivity index (χ4n) is 2.97. The first kappa shape index (κ1) is 18.4. The van der Waals surface area contributed by atoms with Gasteiger partial charge in [0.05, 0.1) is 6.61 Å². The summed E-state index contributed by atoms with van der Waals surface area (Å²) in [6.45, 7) is 4.94. The van der Waals surface area contributed by atoms with Gasteiger partial charge in [-0.2, -0.15) is 0 Å². The van der Waals surface area contributed by atoms with Crippen molar-refractivity contribution >= 4 is 18.7 Å². The Kier molecular flexibility index (Phi) is 7.73. The quantitative estimate of drug-likeness (QED) is 0.476. The van der Waals surface area contributed by atoms with E-state index in [0.29, 0.717) is 6.61 Å². The van der Waals surface area contributed by atoms with Crippen molar-refractivity contribution in [3.63, 3.8) is 0 Å². The van der Waals surface area contributed by atoms with Crippen molar-refractivity contribution in [1.82, 2.24) is 0 Å². The van der Waals surface area contributed by atoms with E-state index in [2.05, 4.69) is 79.7 Å². The van der Waals surface area contributed by atoms with Crippen molar-refractivity contribution in [3.8, 4) is 0 Å². The highest BCUT2D eigenvalue weighted by Gasteiger charge is 2.38. The monoisotopic (exact) mass is 336 g/mol. The van der Waals surface area contributed by atoms with E-state index in [1.807, 2.05) is 19.1 Å². The third-order valence-corrected chi connectivity index (χ3v) is 8.48. The fourth-order valence-corrected chi connectivity index (χ4v) is 7.05. The van der Waals surface area contributed by atoms with Gasteiger partial charge < -0.3 is 4.43 Å². The van der Waals surface area contributed by atoms with Gasteiger partial charge in [0.25, 0.3) is 8.32 Å². The molecule has 0 N–H and O–H groups in total. The summed E-state index contributed by atoms with van der Waals surface area (Å²) >= 11 is 0. The van der Waals surface area contributed by atoms with Crippen molar-refractivity contribution < 1.29 is 4.43 Å². The van der Waals surface area contributed by atoms with Crippen molar-refractivity contribution in [1.29, 1.82) is 0 Å². The maximum Gasteiger partial charge on any atom is 0.256 e. The molecule has 24 heavy (non-hydrogen) atoms. The largest absolute Gasteiger partial charge is 0.404 e. The Morgan fingerprint density at radius 3 is 1.96 bits per heavy atom. The third kappa shape index (κ3) is 4.79. The van der Waals surface area contributed by atoms with Crippen LogP contribution in [-0.2, 0) is 4.43 Å². The van der Waals surface area contributed by atoms with E-state index in [1.165, 1.54) is 23.2 Å². The highest BCUT2D eigenvalue weighted by Crippen LogP contribution is 2.17. The Bertz CT molecular complexity index is 592. The normalized spacial score (nSPS) is 12.2. The predicted octanol–water partition coefficient (Wildman–Crippen LogP) is 4.70. The van der Waals surface area contributed by atoms with Gasteiger partial charge in [-0.05, 0) is 23.3 Å². The zero-order chi connectivity index (χ0) is 17.1. The van der Waals surface area contributed by atoms with Gasteiger partial charge in [-0.25, -0.2) is 0 Å². The molecule has 0 saturated carbocycles. The van der Waals surface area contributed by atoms with Crippen LogP contribution in [0.2, 0.25) is 6.04 Å². The summed E-state index contributed by atoms with van der Waals surface area (Å²) in [6.07, 6.45) is 10.6. The number of rotatable bonds is 9. The molecule has 0 unspecified atom stereocenters. The van der Waals surface area contributed by atoms with Crippen LogP contribution in [-0.4, -0.2) is 14.9 Å². The van der Waals surface area contributed by atoms with Gasteiger partial charge in [0, 0.05) is 0 Å². The lowest BCUT2D eigenvalue weighted by atomic mass is 10.4. The number of allylic oxidation sites excluding steroid dienone is 3. The number of hydrogen-bond acceptors (Lipinski definition) is 1. The number of hydrogen-bond donors (Lipinski definition) is 0. The Hall–Kier alpha value is -1.90. The molecule has 0 heterocycles. The first-order valence-electron chi connectivity index (χ1n) is 8.86. The summed E-state index contributed by atoms with van der Waals surface area (Å²) in [6, 6.07) is 22.8. The highest BCUT2D eigenvalue weighted by molar-refractivity contribution is 6.97. The number of unbranched alkanes of at least 4 members (excludes halogenated alkanes) is 1. The van der Waals surface area contributed by atoms with Crippen molar-refractivity contribution in [2.24, 2.45) is 0 Å². The third-order valence-electron chi connectivity index (χ3n) is 4.23. The van der Waals surface area contributed by atoms with Crippen LogP contribution in [0.4, 0.5) is 0 Å². The Balaban J connectivity index is 2.39. The van der Waals surface area contributed by atoms with E-state index >= 15 is 0 Å². The summed E-state index contributed by atoms with van der Waals surface area (Å²) in [7, 11) is -2.20. The molecule has 2 rings (SSSR count). The van der Waals surface area contributed by atoms with Crippen LogP contribution in [0.15, 0.2) is 85.0 Å². The van der Waals surface area contributed by atoms with Crippen molar-refractivity contribution in [2.45, 2.75) is 32.7 Å². The van der Waals surface area contributed by atoms with Crippen LogP contribution >= 0.6 is 0 Å². The molecule has 2 aromatic carbocycles. The minimum Gasteiger partial charge on any atom is -0.404 e. The summed E-state index contributed by atoms with van der Waals surface area (Å²) in [5.41, 5.74) is 0. The second-order valence-corrected chi connectivity index (χ2v) is 9.52. The molecule has 0 aliphatic carbocycles. The molecule has 0 aliphatic heterocycles. The van der Waals surface area contributed by atoms with Crippen LogP contribution in [0, 0.1) is 0 Å². The van der Waals surface area contributed by atoms with Gasteiger partial charge in [-0.15, -0.1) is 0 Å². The zero-order valence-corrected chi connectivity index (χ0v) is 15.8. The Morgan fingerprint density at radius 2 is 1.46 bits per heavy atom. The molecule has 0 fully saturated rings. The van der Waals surface area contributed by atoms with E-state index in [4.69, 9.17) is 4.43 Å². The molecule has 2 heteroatoms. The fraction of sp³-hybridized carbons (Fsp3) is 0.273. The molecule has 1 nitrogen and oxygen atoms in total. The molecule has 0 radical (unpaired) electrons. The standard InChI is InChI=1S/C22H28OSi/c1-3-5-7-14-19-23-24(20-6-4-2,21-15-10-8-11-16-21)22-17-12-9-13-18-22/h3,5,7-18H,4,6,19-20H2,1-2H3. The van der Waals surface area contributed by atoms with Crippen LogP contribution in [0.25, 0.3) is 0 Å². The lowest BCUT2D eigenvalue weighted by Crippen LogP contribution is -2.60. The second kappa shape index (κ2) is 10.1. The van der Waals surface area contributed by atoms with Gasteiger partial charge in [0.1, 0.15) is 0 Å². The maximum atomic E-state index is 6.67. The van der Waals surface area contributed by atoms with Gasteiger partial charge in [-0.1, -0.05) is 105 Å². The van der Waals surface area contributed by atoms with Gasteiger partial charge in [0.15, 0.2) is 0 Å². The van der Waals surface area contributed by atoms with Crippen LogP contribution in [0.5, 0.6) is 0 Å². The van der Waals surface area contributed by atoms with E-state index < -0.39 is 8.32 Å². The molecule has 0 spiro atoms. The SMILES string of the molecule is CC=CC=CCO[Si](CCCC)(c1ccccc1)c1ccccc1. The molecule has 0 saturated heterocycles. The van der Waals surface area contributed by atoms with Crippen molar-refractivity contribution in [2.75, 3.05) is 6.61 Å². The lowest BCUT2D eigenvalue weighted by molar-refractivity contribution is 0.360. The molecule has 126 valence electrons. The van der Waals surface area contributed by atoms with Gasteiger partial charge >= 0.3 is 0 Å². The summed E-state index contributed by atoms with van der Waals surface area (Å²) in [5, 5.41) is 2.73. The summed E-state index contributed by atoms with van der Waals surface area (Å²) in [5.74, 6) is 0. The van der Waals surface area contributed by atoms with Gasteiger partial charge in [0.2, 0.25) is 0 Å². The first-order chi connectivity index (χ1) is 11.8. The Labute approximate surface area is 147 Å². The molecule has 0 bridgehead atoms. The highest BCUT2D eigenvalue weighted by atomic mass is 28.4. The van der Waals surface area contributed by atoms with E-state index in [0.717, 1.165) is 6.04 Å². The predicted molar refractivity (Wildman–Crippen MR) is 108 cm³/mol. The Morgan fingerprint density at radius 1 is 0.875 bits per heavy atom.